The first kappa shape index (κ1) is 87.5. The van der Waals surface area contributed by atoms with Crippen molar-refractivity contribution in [2.24, 2.45) is 0 Å². The van der Waals surface area contributed by atoms with E-state index in [0.717, 1.165) is 0 Å². The van der Waals surface area contributed by atoms with Gasteiger partial charge in [-0.15, -0.1) is 0 Å². The minimum Gasteiger partial charge on any atom is -0.394 e. The van der Waals surface area contributed by atoms with Crippen molar-refractivity contribution in [2.75, 3.05) is 66.1 Å². The Morgan fingerprint density at radius 1 is 0.141 bits per heavy atom. The molecule has 30 nitrogen and oxygen atoms in total. The topological polar surface area (TPSA) is 607 Å². The third-order valence-corrected chi connectivity index (χ3v) is 7.56. The van der Waals surface area contributed by atoms with Gasteiger partial charge in [-0.3, -0.25) is 0 Å². The molecule has 0 saturated heterocycles. The molecular weight excluding hydrogens is 1000 g/mol. The van der Waals surface area contributed by atoms with Crippen LogP contribution in [0.15, 0.2) is 0 Å². The molecule has 0 heterocycles. The maximum Gasteiger partial charge on any atom is 0.111 e. The molecule has 0 aromatic carbocycles. The van der Waals surface area contributed by atoms with E-state index in [4.69, 9.17) is 153 Å². The number of aliphatic hydroxyl groups is 30. The van der Waals surface area contributed by atoms with E-state index in [0.29, 0.717) is 0 Å². The molecule has 0 aliphatic heterocycles. The van der Waals surface area contributed by atoms with E-state index in [1.54, 1.807) is 0 Å². The van der Waals surface area contributed by atoms with Crippen LogP contribution in [0.25, 0.3) is 0 Å². The van der Waals surface area contributed by atoms with E-state index in [9.17, 15) is 0 Å². The van der Waals surface area contributed by atoms with Crippen LogP contribution in [0.4, 0.5) is 0 Å². The Labute approximate surface area is 486 Å². The molecule has 402 valence electrons. The van der Waals surface area contributed by atoms with Gasteiger partial charge in [-0.2, -0.15) is 0 Å². The summed E-state index contributed by atoms with van der Waals surface area (Å²) in [7, 11) is 0. The first-order chi connectivity index (χ1) is 27.7. The van der Waals surface area contributed by atoms with Crippen LogP contribution >= 0.6 is 0 Å². The Balaban J connectivity index is -0.0000000831. The average molecular weight is 1070 g/mol. The van der Waals surface area contributed by atoms with E-state index in [-0.39, 0.29) is 151 Å². The second-order valence-corrected chi connectivity index (χ2v) is 12.4. The predicted octanol–water partition coefficient (Wildman–Crippen LogP) is -17.9. The minimum absolute atomic E-state index is 0. The smallest absolute Gasteiger partial charge is 0.111 e. The van der Waals surface area contributed by atoms with E-state index in [2.05, 4.69) is 0 Å². The molecule has 0 aliphatic rings. The average Bonchev–Trinajstić information content (AvgIpc) is 3.28. The van der Waals surface area contributed by atoms with E-state index in [1.807, 2.05) is 0 Å². The van der Waals surface area contributed by atoms with Gasteiger partial charge < -0.3 is 153 Å². The monoisotopic (exact) mass is 1070 g/mol. The van der Waals surface area contributed by atoms with Crippen molar-refractivity contribution in [3.8, 4) is 0 Å². The van der Waals surface area contributed by atoms with Gasteiger partial charge in [0, 0.05) is 151 Å². The molecule has 0 aromatic heterocycles. The van der Waals surface area contributed by atoms with Gasteiger partial charge in [0.2, 0.25) is 0 Å². The molecule has 34 heteroatoms. The molecule has 0 aromatic rings. The van der Waals surface area contributed by atoms with Gasteiger partial charge >= 0.3 is 0 Å². The van der Waals surface area contributed by atoms with Crippen molar-refractivity contribution in [2.45, 2.75) is 122 Å². The SMILES string of the molecule is OC[C@@H](O)[C@@H](O)[C@H](O)[C@H](O)CO.OC[C@@H](O)[C@@H](O)[C@H](O)[C@H](O)CO.OC[C@@H](O)[C@@H](O)[C@H](O)[C@H](O)CO.OC[C@@H](O)[C@@H](O)[C@H](O)[C@H](O)CO.OC[C@@H](O)[C@@H](O)[C@H](O)[C@H](O)CO.[Ar].[Ar].[Ar].[Ar]. The second-order valence-electron chi connectivity index (χ2n) is 12.4. The zero-order chi connectivity index (χ0) is 48.6. The van der Waals surface area contributed by atoms with Gasteiger partial charge in [-0.05, 0) is 0 Å². The maximum atomic E-state index is 8.96. The normalized spacial score (nSPS) is 20.2. The Morgan fingerprint density at radius 2 is 0.188 bits per heavy atom. The first-order valence-electron chi connectivity index (χ1n) is 17.4. The Bertz CT molecular complexity index is 707. The summed E-state index contributed by atoms with van der Waals surface area (Å²) in [5, 5.41) is 261. The van der Waals surface area contributed by atoms with Crippen molar-refractivity contribution in [1.82, 2.24) is 0 Å². The molecule has 0 bridgehead atoms. The molecule has 0 spiro atoms. The van der Waals surface area contributed by atoms with Crippen molar-refractivity contribution in [3.63, 3.8) is 0 Å². The summed E-state index contributed by atoms with van der Waals surface area (Å²) < 4.78 is 0. The fourth-order valence-electron chi connectivity index (χ4n) is 3.36. The Kier molecular flexibility index (Phi) is 72.7. The summed E-state index contributed by atoms with van der Waals surface area (Å²) in [6.45, 7) is -7.26. The minimum atomic E-state index is -1.67. The van der Waals surface area contributed by atoms with Crippen LogP contribution in [-0.2, 0) is 0 Å². The molecule has 0 unspecified atom stereocenters. The molecule has 20 atom stereocenters. The van der Waals surface area contributed by atoms with Crippen LogP contribution in [-0.4, -0.2) is 341 Å². The van der Waals surface area contributed by atoms with Gasteiger partial charge in [-0.1, -0.05) is 0 Å². The summed E-state index contributed by atoms with van der Waals surface area (Å²) in [4.78, 5) is 0. The van der Waals surface area contributed by atoms with Gasteiger partial charge in [-0.25, -0.2) is 0 Å². The molecule has 0 amide bonds. The van der Waals surface area contributed by atoms with Crippen LogP contribution < -0.4 is 0 Å². The van der Waals surface area contributed by atoms with Gasteiger partial charge in [0.1, 0.15) is 122 Å². The van der Waals surface area contributed by atoms with Crippen molar-refractivity contribution < 1.29 is 304 Å². The molecule has 0 saturated carbocycles. The Hall–Kier alpha value is 3.84. The largest absolute Gasteiger partial charge is 0.394 e. The number of hydrogen-bond donors (Lipinski definition) is 30. The zero-order valence-corrected chi connectivity index (χ0v) is 36.3. The first-order valence-corrected chi connectivity index (χ1v) is 17.4. The summed E-state index contributed by atoms with van der Waals surface area (Å²) in [6, 6.07) is 0. The number of hydrogen-bond acceptors (Lipinski definition) is 30. The van der Waals surface area contributed by atoms with Gasteiger partial charge in [0.25, 0.3) is 0 Å². The van der Waals surface area contributed by atoms with Crippen LogP contribution in [0.1, 0.15) is 0 Å². The van der Waals surface area contributed by atoms with Crippen LogP contribution in [0, 0.1) is 151 Å². The van der Waals surface area contributed by atoms with Crippen molar-refractivity contribution >= 4 is 0 Å². The zero-order valence-electron chi connectivity index (χ0n) is 33.4. The quantitative estimate of drug-likeness (QED) is 0.0404. The molecule has 0 rings (SSSR count). The number of rotatable bonds is 25. The van der Waals surface area contributed by atoms with Gasteiger partial charge in [0.05, 0.1) is 66.1 Å². The molecule has 64 heavy (non-hydrogen) atoms. The maximum absolute atomic E-state index is 8.96. The van der Waals surface area contributed by atoms with Crippen molar-refractivity contribution in [1.29, 1.82) is 0 Å². The third kappa shape index (κ3) is 39.4. The standard InChI is InChI=1S/5C6H14O6.4Ar/c5*7-1-3(9)5(11)6(12)4(10)2-8;;;;/h5*3-12H,1-2H2;;;;/t5*3-,4-,5-,6-;;;;/m11111..../s1. The predicted molar refractivity (Wildman–Crippen MR) is 191 cm³/mol. The van der Waals surface area contributed by atoms with Crippen LogP contribution in [0.3, 0.4) is 0 Å². The summed E-state index contributed by atoms with van der Waals surface area (Å²) in [5.74, 6) is 0. The molecular formula is C30H70Ar4O30. The fraction of sp³-hybridized carbons (Fsp3) is 1.00. The molecule has 0 fully saturated rings. The second kappa shape index (κ2) is 53.1. The van der Waals surface area contributed by atoms with E-state index >= 15 is 0 Å². The van der Waals surface area contributed by atoms with Crippen LogP contribution in [0.2, 0.25) is 0 Å². The van der Waals surface area contributed by atoms with Crippen LogP contribution in [0.5, 0.6) is 0 Å². The molecule has 0 aliphatic carbocycles. The van der Waals surface area contributed by atoms with Gasteiger partial charge in [0.15, 0.2) is 0 Å². The summed E-state index contributed by atoms with van der Waals surface area (Å²) >= 11 is 0. The summed E-state index contributed by atoms with van der Waals surface area (Å²) in [5.41, 5.74) is 0. The number of aliphatic hydroxyl groups excluding tert-OH is 30. The van der Waals surface area contributed by atoms with E-state index < -0.39 is 188 Å². The third-order valence-electron chi connectivity index (χ3n) is 7.56. The molecule has 30 N–H and O–H groups in total. The van der Waals surface area contributed by atoms with Crippen molar-refractivity contribution in [3.05, 3.63) is 0 Å². The Morgan fingerprint density at radius 3 is 0.219 bits per heavy atom. The fourth-order valence-corrected chi connectivity index (χ4v) is 3.36. The van der Waals surface area contributed by atoms with E-state index in [1.165, 1.54) is 0 Å². The summed E-state index contributed by atoms with van der Waals surface area (Å²) in [6.07, 6.45) is -32.0. The molecule has 0 radical (unpaired) electrons.